The van der Waals surface area contributed by atoms with Gasteiger partial charge in [0, 0.05) is 48.9 Å². The van der Waals surface area contributed by atoms with Gasteiger partial charge in [-0.15, -0.1) is 0 Å². The van der Waals surface area contributed by atoms with E-state index in [0.29, 0.717) is 5.56 Å². The molecule has 0 fully saturated rings. The Bertz CT molecular complexity index is 1240. The number of fused-ring (bicyclic) bond motifs is 1. The highest BCUT2D eigenvalue weighted by atomic mass is 15.1. The van der Waals surface area contributed by atoms with Crippen LogP contribution in [0.1, 0.15) is 22.5 Å². The molecule has 0 amide bonds. The van der Waals surface area contributed by atoms with Crippen molar-refractivity contribution in [2.75, 3.05) is 6.54 Å². The van der Waals surface area contributed by atoms with Crippen molar-refractivity contribution in [2.24, 2.45) is 0 Å². The largest absolute Gasteiger partial charge is 0.293 e. The van der Waals surface area contributed by atoms with Gasteiger partial charge in [0.1, 0.15) is 0 Å². The Morgan fingerprint density at radius 1 is 0.871 bits per heavy atom. The van der Waals surface area contributed by atoms with Crippen LogP contribution in [0.4, 0.5) is 0 Å². The third-order valence-electron chi connectivity index (χ3n) is 5.55. The Morgan fingerprint density at radius 3 is 2.52 bits per heavy atom. The smallest absolute Gasteiger partial charge is 0.159 e. The molecule has 0 unspecified atom stereocenters. The number of aromatic nitrogens is 3. The molecule has 150 valence electrons. The molecular formula is C26H21N5. The van der Waals surface area contributed by atoms with Crippen molar-refractivity contribution >= 4 is 0 Å². The van der Waals surface area contributed by atoms with E-state index in [4.69, 9.17) is 15.2 Å². The van der Waals surface area contributed by atoms with E-state index in [1.807, 2.05) is 72.9 Å². The molecule has 2 aromatic heterocycles. The molecule has 0 radical (unpaired) electrons. The number of nitrogens with zero attached hydrogens (tertiary/aromatic N) is 5. The zero-order valence-electron chi connectivity index (χ0n) is 17.1. The normalized spacial score (nSPS) is 13.4. The Kier molecular flexibility index (Phi) is 5.22. The number of benzene rings is 2. The van der Waals surface area contributed by atoms with Crippen molar-refractivity contribution in [2.45, 2.75) is 19.5 Å². The summed E-state index contributed by atoms with van der Waals surface area (Å²) in [4.78, 5) is 16.6. The summed E-state index contributed by atoms with van der Waals surface area (Å²) in [7, 11) is 0. The van der Waals surface area contributed by atoms with Gasteiger partial charge >= 0.3 is 0 Å². The average molecular weight is 403 g/mol. The minimum atomic E-state index is 0.657. The van der Waals surface area contributed by atoms with Crippen LogP contribution in [0.2, 0.25) is 0 Å². The third kappa shape index (κ3) is 4.20. The quantitative estimate of drug-likeness (QED) is 0.497. The molecule has 0 aliphatic carbocycles. The van der Waals surface area contributed by atoms with E-state index in [2.05, 4.69) is 22.0 Å². The van der Waals surface area contributed by atoms with Gasteiger partial charge in [-0.2, -0.15) is 5.26 Å². The van der Waals surface area contributed by atoms with E-state index >= 15 is 0 Å². The third-order valence-corrected chi connectivity index (χ3v) is 5.55. The van der Waals surface area contributed by atoms with Crippen molar-refractivity contribution in [3.63, 3.8) is 0 Å². The first-order valence-electron chi connectivity index (χ1n) is 10.4. The SMILES string of the molecule is N#Cc1ccc(-c2cccc(CN3CCc4nc(-c5ccccc5)ncc4C3)n2)cc1. The van der Waals surface area contributed by atoms with Crippen LogP contribution in [-0.2, 0) is 19.5 Å². The molecule has 0 bridgehead atoms. The molecule has 0 atom stereocenters. The van der Waals surface area contributed by atoms with Crippen LogP contribution < -0.4 is 0 Å². The molecule has 0 spiro atoms. The number of nitriles is 1. The van der Waals surface area contributed by atoms with E-state index in [1.54, 1.807) is 0 Å². The highest BCUT2D eigenvalue weighted by molar-refractivity contribution is 5.60. The second-order valence-corrected chi connectivity index (χ2v) is 7.70. The van der Waals surface area contributed by atoms with Crippen LogP contribution in [-0.4, -0.2) is 26.4 Å². The maximum atomic E-state index is 8.99. The van der Waals surface area contributed by atoms with Crippen LogP contribution in [0.5, 0.6) is 0 Å². The van der Waals surface area contributed by atoms with Crippen LogP contribution in [0, 0.1) is 11.3 Å². The number of pyridine rings is 1. The Balaban J connectivity index is 1.31. The molecule has 0 saturated heterocycles. The van der Waals surface area contributed by atoms with Crippen molar-refractivity contribution in [1.82, 2.24) is 19.9 Å². The molecular weight excluding hydrogens is 382 g/mol. The lowest BCUT2D eigenvalue weighted by Gasteiger charge is -2.27. The maximum Gasteiger partial charge on any atom is 0.159 e. The predicted molar refractivity (Wildman–Crippen MR) is 120 cm³/mol. The number of hydrogen-bond acceptors (Lipinski definition) is 5. The molecule has 5 rings (SSSR count). The summed E-state index contributed by atoms with van der Waals surface area (Å²) in [5.41, 5.74) is 7.02. The van der Waals surface area contributed by atoms with Gasteiger partial charge in [0.15, 0.2) is 5.82 Å². The summed E-state index contributed by atoms with van der Waals surface area (Å²) in [5, 5.41) is 8.99. The fourth-order valence-electron chi connectivity index (χ4n) is 3.91. The second kappa shape index (κ2) is 8.47. The molecule has 1 aliphatic heterocycles. The monoisotopic (exact) mass is 403 g/mol. The summed E-state index contributed by atoms with van der Waals surface area (Å²) in [6.45, 7) is 2.55. The minimum Gasteiger partial charge on any atom is -0.293 e. The van der Waals surface area contributed by atoms with E-state index < -0.39 is 0 Å². The topological polar surface area (TPSA) is 65.7 Å². The first kappa shape index (κ1) is 19.1. The summed E-state index contributed by atoms with van der Waals surface area (Å²) >= 11 is 0. The van der Waals surface area contributed by atoms with Crippen LogP contribution in [0.25, 0.3) is 22.6 Å². The van der Waals surface area contributed by atoms with Gasteiger partial charge in [0.2, 0.25) is 0 Å². The van der Waals surface area contributed by atoms with Crippen LogP contribution >= 0.6 is 0 Å². The zero-order valence-corrected chi connectivity index (χ0v) is 17.1. The standard InChI is InChI=1S/C26H21N5/c27-15-19-9-11-20(12-10-19)24-8-4-7-23(29-24)18-31-14-13-25-22(17-31)16-28-26(30-25)21-5-2-1-3-6-21/h1-12,16H,13-14,17-18H2. The summed E-state index contributed by atoms with van der Waals surface area (Å²) in [6, 6.07) is 25.9. The highest BCUT2D eigenvalue weighted by Gasteiger charge is 2.19. The van der Waals surface area contributed by atoms with Crippen molar-refractivity contribution in [1.29, 1.82) is 5.26 Å². The lowest BCUT2D eigenvalue weighted by molar-refractivity contribution is 0.240. The fourth-order valence-corrected chi connectivity index (χ4v) is 3.91. The second-order valence-electron chi connectivity index (χ2n) is 7.70. The molecule has 5 nitrogen and oxygen atoms in total. The van der Waals surface area contributed by atoms with Gasteiger partial charge in [0.25, 0.3) is 0 Å². The summed E-state index contributed by atoms with van der Waals surface area (Å²) < 4.78 is 0. The molecule has 2 aromatic carbocycles. The van der Waals surface area contributed by atoms with Gasteiger partial charge < -0.3 is 0 Å². The van der Waals surface area contributed by atoms with Crippen molar-refractivity contribution < 1.29 is 0 Å². The molecule has 4 aromatic rings. The molecule has 0 saturated carbocycles. The Morgan fingerprint density at radius 2 is 1.71 bits per heavy atom. The van der Waals surface area contributed by atoms with E-state index in [-0.39, 0.29) is 0 Å². The molecule has 1 aliphatic rings. The summed E-state index contributed by atoms with van der Waals surface area (Å²) in [5.74, 6) is 0.796. The van der Waals surface area contributed by atoms with Gasteiger partial charge in [0.05, 0.1) is 28.7 Å². The van der Waals surface area contributed by atoms with Gasteiger partial charge in [-0.25, -0.2) is 9.97 Å². The first-order valence-corrected chi connectivity index (χ1v) is 10.4. The molecule has 31 heavy (non-hydrogen) atoms. The van der Waals surface area contributed by atoms with E-state index in [1.165, 1.54) is 5.56 Å². The average Bonchev–Trinajstić information content (AvgIpc) is 2.84. The van der Waals surface area contributed by atoms with E-state index in [0.717, 1.165) is 60.1 Å². The minimum absolute atomic E-state index is 0.657. The highest BCUT2D eigenvalue weighted by Crippen LogP contribution is 2.23. The predicted octanol–water partition coefficient (Wildman–Crippen LogP) is 4.64. The van der Waals surface area contributed by atoms with Crippen LogP contribution in [0.3, 0.4) is 0 Å². The number of hydrogen-bond donors (Lipinski definition) is 0. The van der Waals surface area contributed by atoms with E-state index in [9.17, 15) is 0 Å². The first-order chi connectivity index (χ1) is 15.3. The van der Waals surface area contributed by atoms with Crippen molar-refractivity contribution in [3.05, 3.63) is 102 Å². The molecule has 0 N–H and O–H groups in total. The molecule has 3 heterocycles. The summed E-state index contributed by atoms with van der Waals surface area (Å²) in [6.07, 6.45) is 2.88. The lowest BCUT2D eigenvalue weighted by atomic mass is 10.1. The maximum absolute atomic E-state index is 8.99. The Labute approximate surface area is 181 Å². The van der Waals surface area contributed by atoms with Gasteiger partial charge in [-0.1, -0.05) is 48.5 Å². The van der Waals surface area contributed by atoms with Gasteiger partial charge in [-0.05, 0) is 24.3 Å². The number of rotatable bonds is 4. The van der Waals surface area contributed by atoms with Crippen LogP contribution in [0.15, 0.2) is 79.0 Å². The van der Waals surface area contributed by atoms with Crippen molar-refractivity contribution in [3.8, 4) is 28.7 Å². The molecule has 5 heteroatoms. The Hall–Kier alpha value is -3.88. The van der Waals surface area contributed by atoms with Gasteiger partial charge in [-0.3, -0.25) is 9.88 Å². The lowest BCUT2D eigenvalue weighted by Crippen LogP contribution is -2.31. The fraction of sp³-hybridized carbons (Fsp3) is 0.154. The zero-order chi connectivity index (χ0) is 21.0.